The lowest BCUT2D eigenvalue weighted by atomic mass is 10.1. The molecule has 0 aliphatic carbocycles. The fourth-order valence-electron chi connectivity index (χ4n) is 2.50. The number of aromatic nitrogens is 2. The Balaban J connectivity index is 1.76. The number of amides is 1. The number of nitrogens with one attached hydrogen (secondary N) is 2. The van der Waals surface area contributed by atoms with Crippen molar-refractivity contribution in [1.82, 2.24) is 15.1 Å². The lowest BCUT2D eigenvalue weighted by Crippen LogP contribution is -2.36. The Morgan fingerprint density at radius 3 is 2.60 bits per heavy atom. The van der Waals surface area contributed by atoms with E-state index in [4.69, 9.17) is 0 Å². The highest BCUT2D eigenvalue weighted by atomic mass is 19.1. The molecule has 0 bridgehead atoms. The maximum atomic E-state index is 13.5. The van der Waals surface area contributed by atoms with Gasteiger partial charge in [0.2, 0.25) is 5.91 Å². The summed E-state index contributed by atoms with van der Waals surface area (Å²) >= 11 is 0. The summed E-state index contributed by atoms with van der Waals surface area (Å²) in [4.78, 5) is 36.4. The summed E-state index contributed by atoms with van der Waals surface area (Å²) in [5.41, 5.74) is 0.238. The number of nitrogens with zero attached hydrogens (tertiary/aromatic N) is 1. The van der Waals surface area contributed by atoms with E-state index < -0.39 is 17.0 Å². The molecule has 7 heteroatoms. The Morgan fingerprint density at radius 2 is 1.88 bits per heavy atom. The van der Waals surface area contributed by atoms with Crippen LogP contribution in [0.2, 0.25) is 0 Å². The van der Waals surface area contributed by atoms with Crippen LogP contribution < -0.4 is 16.4 Å². The maximum Gasteiger partial charge on any atom is 0.273 e. The van der Waals surface area contributed by atoms with Gasteiger partial charge < -0.3 is 5.32 Å². The molecule has 2 N–H and O–H groups in total. The number of hydrogen-bond donors (Lipinski definition) is 2. The van der Waals surface area contributed by atoms with Crippen molar-refractivity contribution in [2.45, 2.75) is 20.0 Å². The zero-order valence-electron chi connectivity index (χ0n) is 13.5. The summed E-state index contributed by atoms with van der Waals surface area (Å²) < 4.78 is 14.5. The molecule has 0 radical (unpaired) electrons. The molecule has 1 aromatic heterocycles. The molecule has 0 unspecified atom stereocenters. The largest absolute Gasteiger partial charge is 0.350 e. The molecule has 3 aromatic rings. The van der Waals surface area contributed by atoms with E-state index in [0.29, 0.717) is 11.1 Å². The molecular formula is C18H16FN3O3. The number of H-pyrrole nitrogens is 1. The molecule has 2 aromatic carbocycles. The van der Waals surface area contributed by atoms with E-state index in [-0.39, 0.29) is 29.7 Å². The average molecular weight is 341 g/mol. The first-order valence-electron chi connectivity index (χ1n) is 7.69. The molecule has 128 valence electrons. The van der Waals surface area contributed by atoms with Gasteiger partial charge >= 0.3 is 0 Å². The van der Waals surface area contributed by atoms with Gasteiger partial charge in [0, 0.05) is 6.54 Å². The molecule has 1 heterocycles. The zero-order valence-corrected chi connectivity index (χ0v) is 13.5. The number of hydrogen-bond acceptors (Lipinski definition) is 3. The second-order valence-corrected chi connectivity index (χ2v) is 5.74. The van der Waals surface area contributed by atoms with Crippen molar-refractivity contribution in [3.8, 4) is 0 Å². The smallest absolute Gasteiger partial charge is 0.273 e. The molecule has 1 amide bonds. The Labute approximate surface area is 141 Å². The minimum Gasteiger partial charge on any atom is -0.350 e. The SMILES string of the molecule is Cc1ccc(CNC(=O)Cn2[nH]c(=O)c3ccccc3c2=O)cc1F. The van der Waals surface area contributed by atoms with Crippen LogP contribution in [-0.4, -0.2) is 15.7 Å². The summed E-state index contributed by atoms with van der Waals surface area (Å²) in [6.07, 6.45) is 0. The highest BCUT2D eigenvalue weighted by Gasteiger charge is 2.10. The lowest BCUT2D eigenvalue weighted by molar-refractivity contribution is -0.122. The van der Waals surface area contributed by atoms with Gasteiger partial charge in [-0.15, -0.1) is 0 Å². The van der Waals surface area contributed by atoms with Crippen LogP contribution in [0.1, 0.15) is 11.1 Å². The van der Waals surface area contributed by atoms with E-state index in [1.165, 1.54) is 12.1 Å². The van der Waals surface area contributed by atoms with E-state index in [9.17, 15) is 18.8 Å². The summed E-state index contributed by atoms with van der Waals surface area (Å²) in [5, 5.41) is 5.52. The van der Waals surface area contributed by atoms with Crippen molar-refractivity contribution in [1.29, 1.82) is 0 Å². The van der Waals surface area contributed by atoms with Crippen LogP contribution in [0.5, 0.6) is 0 Å². The van der Waals surface area contributed by atoms with Crippen LogP contribution in [0.3, 0.4) is 0 Å². The Kier molecular flexibility index (Phi) is 4.47. The first-order valence-corrected chi connectivity index (χ1v) is 7.69. The van der Waals surface area contributed by atoms with Crippen molar-refractivity contribution in [3.05, 3.63) is 80.1 Å². The molecule has 0 saturated carbocycles. The second kappa shape index (κ2) is 6.72. The van der Waals surface area contributed by atoms with Gasteiger partial charge in [0.15, 0.2) is 0 Å². The quantitative estimate of drug-likeness (QED) is 0.753. The van der Waals surface area contributed by atoms with Gasteiger partial charge in [-0.05, 0) is 36.2 Å². The van der Waals surface area contributed by atoms with Crippen LogP contribution in [0.25, 0.3) is 10.8 Å². The standard InChI is InChI=1S/C18H16FN3O3/c1-11-6-7-12(8-15(11)19)9-20-16(23)10-22-18(25)14-5-3-2-4-13(14)17(24)21-22/h2-8H,9-10H2,1H3,(H,20,23)(H,21,24). The van der Waals surface area contributed by atoms with E-state index in [2.05, 4.69) is 10.4 Å². The molecule has 0 aliphatic rings. The molecule has 0 fully saturated rings. The molecular weight excluding hydrogens is 325 g/mol. The van der Waals surface area contributed by atoms with E-state index in [1.54, 1.807) is 37.3 Å². The molecule has 6 nitrogen and oxygen atoms in total. The van der Waals surface area contributed by atoms with Gasteiger partial charge in [-0.2, -0.15) is 0 Å². The number of carbonyl (C=O) groups excluding carboxylic acids is 1. The molecule has 0 spiro atoms. The molecule has 3 rings (SSSR count). The first-order chi connectivity index (χ1) is 12.0. The molecule has 0 atom stereocenters. The van der Waals surface area contributed by atoms with E-state index >= 15 is 0 Å². The van der Waals surface area contributed by atoms with Crippen LogP contribution in [0.4, 0.5) is 4.39 Å². The maximum absolute atomic E-state index is 13.5. The highest BCUT2D eigenvalue weighted by molar-refractivity contribution is 5.81. The Morgan fingerprint density at radius 1 is 1.16 bits per heavy atom. The molecule has 0 saturated heterocycles. The Bertz CT molecular complexity index is 1070. The van der Waals surface area contributed by atoms with E-state index in [0.717, 1.165) is 4.68 Å². The molecule has 25 heavy (non-hydrogen) atoms. The third kappa shape index (κ3) is 3.50. The summed E-state index contributed by atoms with van der Waals surface area (Å²) in [6.45, 7) is 1.45. The second-order valence-electron chi connectivity index (χ2n) is 5.74. The summed E-state index contributed by atoms with van der Waals surface area (Å²) in [6, 6.07) is 11.1. The fourth-order valence-corrected chi connectivity index (χ4v) is 2.50. The number of halogens is 1. The number of benzene rings is 2. The number of rotatable bonds is 4. The van der Waals surface area contributed by atoms with Crippen LogP contribution in [0, 0.1) is 12.7 Å². The summed E-state index contributed by atoms with van der Waals surface area (Å²) in [5.74, 6) is -0.809. The average Bonchev–Trinajstić information content (AvgIpc) is 2.60. The summed E-state index contributed by atoms with van der Waals surface area (Å²) in [7, 11) is 0. The van der Waals surface area contributed by atoms with Crippen molar-refractivity contribution in [3.63, 3.8) is 0 Å². The van der Waals surface area contributed by atoms with E-state index in [1.807, 2.05) is 0 Å². The van der Waals surface area contributed by atoms with Crippen LogP contribution in [-0.2, 0) is 17.9 Å². The number of carbonyl (C=O) groups is 1. The topological polar surface area (TPSA) is 84.0 Å². The molecule has 0 aliphatic heterocycles. The predicted octanol–water partition coefficient (Wildman–Crippen LogP) is 1.45. The highest BCUT2D eigenvalue weighted by Crippen LogP contribution is 2.08. The lowest BCUT2D eigenvalue weighted by Gasteiger charge is -2.09. The van der Waals surface area contributed by atoms with Crippen molar-refractivity contribution < 1.29 is 9.18 Å². The number of aromatic amines is 1. The number of aryl methyl sites for hydroxylation is 1. The monoisotopic (exact) mass is 341 g/mol. The Hall–Kier alpha value is -3.22. The minimum atomic E-state index is -0.464. The van der Waals surface area contributed by atoms with Gasteiger partial charge in [-0.1, -0.05) is 24.3 Å². The predicted molar refractivity (Wildman–Crippen MR) is 91.8 cm³/mol. The van der Waals surface area contributed by atoms with Crippen LogP contribution >= 0.6 is 0 Å². The van der Waals surface area contributed by atoms with Gasteiger partial charge in [-0.3, -0.25) is 19.5 Å². The van der Waals surface area contributed by atoms with Gasteiger partial charge in [0.1, 0.15) is 12.4 Å². The van der Waals surface area contributed by atoms with Gasteiger partial charge in [0.05, 0.1) is 10.8 Å². The van der Waals surface area contributed by atoms with Gasteiger partial charge in [0.25, 0.3) is 11.1 Å². The minimum absolute atomic E-state index is 0.128. The van der Waals surface area contributed by atoms with Crippen molar-refractivity contribution in [2.24, 2.45) is 0 Å². The third-order valence-electron chi connectivity index (χ3n) is 3.91. The number of fused-ring (bicyclic) bond motifs is 1. The first kappa shape index (κ1) is 16.6. The zero-order chi connectivity index (χ0) is 18.0. The third-order valence-corrected chi connectivity index (χ3v) is 3.91. The van der Waals surface area contributed by atoms with Gasteiger partial charge in [-0.25, -0.2) is 9.07 Å². The van der Waals surface area contributed by atoms with Crippen LogP contribution in [0.15, 0.2) is 52.1 Å². The fraction of sp³-hybridized carbons (Fsp3) is 0.167. The normalized spacial score (nSPS) is 10.8. The van der Waals surface area contributed by atoms with Crippen molar-refractivity contribution in [2.75, 3.05) is 0 Å². The van der Waals surface area contributed by atoms with Crippen molar-refractivity contribution >= 4 is 16.7 Å².